The number of amides is 1. The van der Waals surface area contributed by atoms with Crippen LogP contribution in [0.15, 0.2) is 10.6 Å². The second kappa shape index (κ2) is 4.93. The highest BCUT2D eigenvalue weighted by molar-refractivity contribution is 5.94. The summed E-state index contributed by atoms with van der Waals surface area (Å²) in [5, 5.41) is 6.27. The van der Waals surface area contributed by atoms with Gasteiger partial charge in [-0.15, -0.1) is 0 Å². The van der Waals surface area contributed by atoms with Crippen LogP contribution in [0.25, 0.3) is 0 Å². The lowest BCUT2D eigenvalue weighted by molar-refractivity contribution is -0.118. The zero-order valence-corrected chi connectivity index (χ0v) is 9.28. The molecule has 0 radical (unpaired) electrons. The van der Waals surface area contributed by atoms with Crippen molar-refractivity contribution in [2.24, 2.45) is 11.7 Å². The summed E-state index contributed by atoms with van der Waals surface area (Å²) in [4.78, 5) is 11.6. The van der Waals surface area contributed by atoms with Gasteiger partial charge in [0.25, 0.3) is 0 Å². The maximum atomic E-state index is 11.6. The molecule has 0 bridgehead atoms. The Balaban J connectivity index is 2.55. The summed E-state index contributed by atoms with van der Waals surface area (Å²) in [6.45, 7) is 5.70. The van der Waals surface area contributed by atoms with E-state index in [1.807, 2.05) is 13.8 Å². The van der Waals surface area contributed by atoms with Crippen LogP contribution in [0.2, 0.25) is 0 Å². The Kier molecular flexibility index (Phi) is 3.85. The highest BCUT2D eigenvalue weighted by atomic mass is 16.5. The molecule has 0 aromatic carbocycles. The first kappa shape index (κ1) is 11.7. The average Bonchev–Trinajstić information content (AvgIpc) is 2.61. The van der Waals surface area contributed by atoms with Crippen molar-refractivity contribution >= 4 is 11.7 Å². The maximum Gasteiger partial charge on any atom is 0.242 e. The molecule has 1 unspecified atom stereocenters. The van der Waals surface area contributed by atoms with Gasteiger partial charge in [-0.25, -0.2) is 0 Å². The number of carbonyl (C=O) groups excluding carboxylic acids is 1. The summed E-state index contributed by atoms with van der Waals surface area (Å²) in [7, 11) is 0. The maximum absolute atomic E-state index is 11.6. The largest absolute Gasteiger partial charge is 0.360 e. The molecule has 5 heteroatoms. The molecular weight excluding hydrogens is 194 g/mol. The van der Waals surface area contributed by atoms with Crippen molar-refractivity contribution in [1.82, 2.24) is 5.16 Å². The standard InChI is InChI=1S/C10H17N3O2/c1-4-6(2)9(11)10(14)12-8-5-7(3)15-13-8/h5-6,9H,4,11H2,1-3H3,(H,12,13,14)/t6?,9-/m0/s1. The van der Waals surface area contributed by atoms with Crippen molar-refractivity contribution in [3.63, 3.8) is 0 Å². The summed E-state index contributed by atoms with van der Waals surface area (Å²) in [6.07, 6.45) is 0.867. The molecule has 0 aliphatic rings. The number of aromatic nitrogens is 1. The van der Waals surface area contributed by atoms with Gasteiger partial charge in [-0.05, 0) is 12.8 Å². The fourth-order valence-electron chi connectivity index (χ4n) is 1.15. The van der Waals surface area contributed by atoms with Crippen molar-refractivity contribution < 1.29 is 9.32 Å². The molecule has 3 N–H and O–H groups in total. The first-order valence-electron chi connectivity index (χ1n) is 5.04. The molecule has 0 fully saturated rings. The minimum atomic E-state index is -0.507. The summed E-state index contributed by atoms with van der Waals surface area (Å²) >= 11 is 0. The Bertz CT molecular complexity index is 335. The number of hydrogen-bond acceptors (Lipinski definition) is 4. The van der Waals surface area contributed by atoms with Crippen LogP contribution in [0.5, 0.6) is 0 Å². The van der Waals surface area contributed by atoms with Crippen molar-refractivity contribution in [2.45, 2.75) is 33.2 Å². The molecule has 0 saturated carbocycles. The topological polar surface area (TPSA) is 81.2 Å². The van der Waals surface area contributed by atoms with Gasteiger partial charge in [-0.1, -0.05) is 25.4 Å². The Labute approximate surface area is 89.0 Å². The van der Waals surface area contributed by atoms with E-state index in [4.69, 9.17) is 10.3 Å². The minimum absolute atomic E-state index is 0.151. The Morgan fingerprint density at radius 1 is 1.73 bits per heavy atom. The molecule has 1 aromatic heterocycles. The number of rotatable bonds is 4. The highest BCUT2D eigenvalue weighted by Gasteiger charge is 2.20. The molecule has 0 aliphatic carbocycles. The molecule has 1 rings (SSSR count). The second-order valence-corrected chi connectivity index (χ2v) is 3.72. The second-order valence-electron chi connectivity index (χ2n) is 3.72. The predicted molar refractivity (Wildman–Crippen MR) is 57.3 cm³/mol. The first-order valence-corrected chi connectivity index (χ1v) is 5.04. The Morgan fingerprint density at radius 2 is 2.40 bits per heavy atom. The SMILES string of the molecule is CCC(C)[C@H](N)C(=O)Nc1cc(C)on1. The highest BCUT2D eigenvalue weighted by Crippen LogP contribution is 2.10. The Morgan fingerprint density at radius 3 is 2.87 bits per heavy atom. The molecule has 0 spiro atoms. The van der Waals surface area contributed by atoms with E-state index in [1.165, 1.54) is 0 Å². The van der Waals surface area contributed by atoms with E-state index >= 15 is 0 Å². The van der Waals surface area contributed by atoms with E-state index in [2.05, 4.69) is 10.5 Å². The van der Waals surface area contributed by atoms with Crippen molar-refractivity contribution in [3.8, 4) is 0 Å². The number of nitrogens with zero attached hydrogens (tertiary/aromatic N) is 1. The molecule has 2 atom stereocenters. The van der Waals surface area contributed by atoms with Crippen LogP contribution < -0.4 is 11.1 Å². The van der Waals surface area contributed by atoms with Crippen LogP contribution in [-0.2, 0) is 4.79 Å². The van der Waals surface area contributed by atoms with E-state index in [0.717, 1.165) is 6.42 Å². The summed E-state index contributed by atoms with van der Waals surface area (Å²) < 4.78 is 4.83. The van der Waals surface area contributed by atoms with Gasteiger partial charge in [0, 0.05) is 6.07 Å². The zero-order chi connectivity index (χ0) is 11.4. The van der Waals surface area contributed by atoms with Crippen LogP contribution in [0.4, 0.5) is 5.82 Å². The quantitative estimate of drug-likeness (QED) is 0.786. The first-order chi connectivity index (χ1) is 7.04. The molecule has 84 valence electrons. The summed E-state index contributed by atoms with van der Waals surface area (Å²) in [5.41, 5.74) is 5.76. The Hall–Kier alpha value is -1.36. The van der Waals surface area contributed by atoms with Crippen molar-refractivity contribution in [3.05, 3.63) is 11.8 Å². The molecular formula is C10H17N3O2. The van der Waals surface area contributed by atoms with Crippen LogP contribution in [-0.4, -0.2) is 17.1 Å². The molecule has 1 amide bonds. The molecule has 0 aliphatic heterocycles. The molecule has 1 aromatic rings. The lowest BCUT2D eigenvalue weighted by atomic mass is 9.99. The molecule has 15 heavy (non-hydrogen) atoms. The van der Waals surface area contributed by atoms with Gasteiger partial charge in [0.2, 0.25) is 5.91 Å². The normalized spacial score (nSPS) is 14.7. The third-order valence-corrected chi connectivity index (χ3v) is 2.44. The summed E-state index contributed by atoms with van der Waals surface area (Å²) in [5.74, 6) is 0.995. The van der Waals surface area contributed by atoms with Crippen LogP contribution in [0.1, 0.15) is 26.0 Å². The van der Waals surface area contributed by atoms with Gasteiger partial charge in [0.05, 0.1) is 6.04 Å². The predicted octanol–water partition coefficient (Wildman–Crippen LogP) is 1.29. The van der Waals surface area contributed by atoms with Crippen LogP contribution in [0.3, 0.4) is 0 Å². The van der Waals surface area contributed by atoms with Gasteiger partial charge < -0.3 is 15.6 Å². The van der Waals surface area contributed by atoms with Gasteiger partial charge in [0.15, 0.2) is 5.82 Å². The van der Waals surface area contributed by atoms with Gasteiger partial charge >= 0.3 is 0 Å². The molecule has 0 saturated heterocycles. The lowest BCUT2D eigenvalue weighted by Crippen LogP contribution is -2.40. The van der Waals surface area contributed by atoms with E-state index in [0.29, 0.717) is 11.6 Å². The lowest BCUT2D eigenvalue weighted by Gasteiger charge is -2.16. The monoisotopic (exact) mass is 211 g/mol. The van der Waals surface area contributed by atoms with E-state index in [1.54, 1.807) is 13.0 Å². The third-order valence-electron chi connectivity index (χ3n) is 2.44. The van der Waals surface area contributed by atoms with Gasteiger partial charge in [-0.2, -0.15) is 0 Å². The van der Waals surface area contributed by atoms with Crippen LogP contribution >= 0.6 is 0 Å². The molecule has 1 heterocycles. The fourth-order valence-corrected chi connectivity index (χ4v) is 1.15. The van der Waals surface area contributed by atoms with E-state index in [9.17, 15) is 4.79 Å². The van der Waals surface area contributed by atoms with Gasteiger partial charge in [-0.3, -0.25) is 4.79 Å². The van der Waals surface area contributed by atoms with Crippen molar-refractivity contribution in [2.75, 3.05) is 5.32 Å². The number of nitrogens with one attached hydrogen (secondary N) is 1. The average molecular weight is 211 g/mol. The number of hydrogen-bond donors (Lipinski definition) is 2. The number of aryl methyl sites for hydroxylation is 1. The minimum Gasteiger partial charge on any atom is -0.360 e. The van der Waals surface area contributed by atoms with Crippen LogP contribution in [0, 0.1) is 12.8 Å². The smallest absolute Gasteiger partial charge is 0.242 e. The zero-order valence-electron chi connectivity index (χ0n) is 9.28. The van der Waals surface area contributed by atoms with Gasteiger partial charge in [0.1, 0.15) is 5.76 Å². The van der Waals surface area contributed by atoms with Crippen molar-refractivity contribution in [1.29, 1.82) is 0 Å². The molecule has 5 nitrogen and oxygen atoms in total. The number of anilines is 1. The fraction of sp³-hybridized carbons (Fsp3) is 0.600. The third kappa shape index (κ3) is 3.06. The van der Waals surface area contributed by atoms with E-state index < -0.39 is 6.04 Å². The summed E-state index contributed by atoms with van der Waals surface area (Å²) in [6, 6.07) is 1.15. The van der Waals surface area contributed by atoms with E-state index in [-0.39, 0.29) is 11.8 Å². The number of nitrogens with two attached hydrogens (primary N) is 1. The number of carbonyl (C=O) groups is 1.